The molecule has 0 radical (unpaired) electrons. The van der Waals surface area contributed by atoms with Crippen molar-refractivity contribution in [2.75, 3.05) is 38.2 Å². The molecule has 1 aliphatic heterocycles. The first kappa shape index (κ1) is 14.2. The lowest BCUT2D eigenvalue weighted by molar-refractivity contribution is 0.0753. The Morgan fingerprint density at radius 3 is 3.05 bits per heavy atom. The smallest absolute Gasteiger partial charge is 0.122 e. The van der Waals surface area contributed by atoms with Crippen molar-refractivity contribution in [2.24, 2.45) is 0 Å². The van der Waals surface area contributed by atoms with Crippen LogP contribution in [0.3, 0.4) is 0 Å². The summed E-state index contributed by atoms with van der Waals surface area (Å²) in [4.78, 5) is 0. The molecule has 1 saturated heterocycles. The normalized spacial score (nSPS) is 19.2. The van der Waals surface area contributed by atoms with Crippen molar-refractivity contribution >= 4 is 5.69 Å². The van der Waals surface area contributed by atoms with Crippen molar-refractivity contribution in [1.82, 2.24) is 5.32 Å². The molecule has 1 aromatic carbocycles. The quantitative estimate of drug-likeness (QED) is 0.826. The van der Waals surface area contributed by atoms with E-state index in [1.807, 2.05) is 13.0 Å². The topological polar surface area (TPSA) is 42.5 Å². The van der Waals surface area contributed by atoms with E-state index in [2.05, 4.69) is 29.7 Å². The Kier molecular flexibility index (Phi) is 5.48. The molecule has 1 unspecified atom stereocenters. The lowest BCUT2D eigenvalue weighted by atomic mass is 10.1. The number of benzene rings is 1. The van der Waals surface area contributed by atoms with Crippen molar-refractivity contribution in [1.29, 1.82) is 0 Å². The second-order valence-electron chi connectivity index (χ2n) is 4.85. The Morgan fingerprint density at radius 1 is 1.47 bits per heavy atom. The Morgan fingerprint density at radius 2 is 2.37 bits per heavy atom. The van der Waals surface area contributed by atoms with Gasteiger partial charge in [-0.2, -0.15) is 0 Å². The van der Waals surface area contributed by atoms with Crippen LogP contribution in [0.25, 0.3) is 0 Å². The molecule has 1 heterocycles. The van der Waals surface area contributed by atoms with E-state index < -0.39 is 0 Å². The molecular formula is C15H24N2O2. The van der Waals surface area contributed by atoms with Crippen molar-refractivity contribution in [3.05, 3.63) is 23.8 Å². The highest BCUT2D eigenvalue weighted by Crippen LogP contribution is 2.21. The molecule has 0 aromatic heterocycles. The molecule has 0 bridgehead atoms. The summed E-state index contributed by atoms with van der Waals surface area (Å²) in [5.74, 6) is 0.968. The molecule has 1 aromatic rings. The third kappa shape index (κ3) is 4.40. The van der Waals surface area contributed by atoms with Crippen LogP contribution in [-0.2, 0) is 4.74 Å². The minimum Gasteiger partial charge on any atom is -0.494 e. The fraction of sp³-hybridized carbons (Fsp3) is 0.600. The molecule has 2 N–H and O–H groups in total. The van der Waals surface area contributed by atoms with Crippen molar-refractivity contribution in [2.45, 2.75) is 26.3 Å². The van der Waals surface area contributed by atoms with Gasteiger partial charge in [0.05, 0.1) is 19.8 Å². The fourth-order valence-electron chi connectivity index (χ4n) is 2.27. The number of anilines is 1. The first-order valence-corrected chi connectivity index (χ1v) is 7.08. The van der Waals surface area contributed by atoms with Crippen LogP contribution in [0.15, 0.2) is 18.2 Å². The van der Waals surface area contributed by atoms with Gasteiger partial charge in [0.15, 0.2) is 0 Å². The Balaban J connectivity index is 1.77. The highest BCUT2D eigenvalue weighted by Gasteiger charge is 2.11. The molecule has 0 aliphatic carbocycles. The first-order valence-electron chi connectivity index (χ1n) is 7.08. The van der Waals surface area contributed by atoms with Gasteiger partial charge in [-0.1, -0.05) is 0 Å². The van der Waals surface area contributed by atoms with Gasteiger partial charge >= 0.3 is 0 Å². The van der Waals surface area contributed by atoms with E-state index in [1.54, 1.807) is 0 Å². The fourth-order valence-corrected chi connectivity index (χ4v) is 2.27. The van der Waals surface area contributed by atoms with Gasteiger partial charge in [0.25, 0.3) is 0 Å². The van der Waals surface area contributed by atoms with Crippen LogP contribution >= 0.6 is 0 Å². The van der Waals surface area contributed by atoms with Crippen LogP contribution in [-0.4, -0.2) is 39.0 Å². The van der Waals surface area contributed by atoms with Gasteiger partial charge in [0, 0.05) is 24.8 Å². The lowest BCUT2D eigenvalue weighted by Gasteiger charge is -2.24. The predicted octanol–water partition coefficient (Wildman–Crippen LogP) is 2.18. The summed E-state index contributed by atoms with van der Waals surface area (Å²) in [6.07, 6.45) is 1.08. The second-order valence-corrected chi connectivity index (χ2v) is 4.85. The van der Waals surface area contributed by atoms with E-state index in [9.17, 15) is 0 Å². The van der Waals surface area contributed by atoms with Crippen LogP contribution in [0, 0.1) is 6.92 Å². The van der Waals surface area contributed by atoms with E-state index >= 15 is 0 Å². The van der Waals surface area contributed by atoms with Crippen LogP contribution in [0.5, 0.6) is 5.75 Å². The second kappa shape index (κ2) is 7.36. The molecule has 1 atom stereocenters. The summed E-state index contributed by atoms with van der Waals surface area (Å²) in [5.41, 5.74) is 2.32. The Hall–Kier alpha value is -1.26. The lowest BCUT2D eigenvalue weighted by Crippen LogP contribution is -2.42. The molecule has 0 amide bonds. The SMILES string of the molecule is CCOc1ccc(NCCC2COCCN2)cc1C. The van der Waals surface area contributed by atoms with Gasteiger partial charge in [-0.3, -0.25) is 0 Å². The predicted molar refractivity (Wildman–Crippen MR) is 78.1 cm³/mol. The van der Waals surface area contributed by atoms with Crippen molar-refractivity contribution in [3.63, 3.8) is 0 Å². The number of ether oxygens (including phenoxy) is 2. The molecule has 2 rings (SSSR count). The van der Waals surface area contributed by atoms with Crippen molar-refractivity contribution in [3.8, 4) is 5.75 Å². The number of aryl methyl sites for hydroxylation is 1. The third-order valence-corrected chi connectivity index (χ3v) is 3.30. The number of morpholine rings is 1. The van der Waals surface area contributed by atoms with Gasteiger partial charge in [0.2, 0.25) is 0 Å². The Labute approximate surface area is 115 Å². The molecule has 106 valence electrons. The molecule has 19 heavy (non-hydrogen) atoms. The summed E-state index contributed by atoms with van der Waals surface area (Å²) >= 11 is 0. The van der Waals surface area contributed by atoms with Crippen molar-refractivity contribution < 1.29 is 9.47 Å². The van der Waals surface area contributed by atoms with Crippen LogP contribution in [0.4, 0.5) is 5.69 Å². The van der Waals surface area contributed by atoms with E-state index in [0.717, 1.165) is 44.2 Å². The maximum atomic E-state index is 5.54. The molecule has 0 spiro atoms. The maximum Gasteiger partial charge on any atom is 0.122 e. The zero-order valence-electron chi connectivity index (χ0n) is 11.9. The van der Waals surface area contributed by atoms with E-state index in [-0.39, 0.29) is 0 Å². The summed E-state index contributed by atoms with van der Waals surface area (Å²) in [5, 5.41) is 6.91. The van der Waals surface area contributed by atoms with Gasteiger partial charge < -0.3 is 20.1 Å². The summed E-state index contributed by atoms with van der Waals surface area (Å²) in [7, 11) is 0. The average molecular weight is 264 g/mol. The third-order valence-electron chi connectivity index (χ3n) is 3.30. The summed E-state index contributed by atoms with van der Waals surface area (Å²) in [6, 6.07) is 6.71. The number of hydrogen-bond donors (Lipinski definition) is 2. The number of hydrogen-bond acceptors (Lipinski definition) is 4. The van der Waals surface area contributed by atoms with Gasteiger partial charge in [-0.25, -0.2) is 0 Å². The van der Waals surface area contributed by atoms with Gasteiger partial charge in [-0.05, 0) is 44.0 Å². The minimum atomic E-state index is 0.477. The van der Waals surface area contributed by atoms with Gasteiger partial charge in [-0.15, -0.1) is 0 Å². The van der Waals surface area contributed by atoms with Crippen LogP contribution in [0.2, 0.25) is 0 Å². The highest BCUT2D eigenvalue weighted by atomic mass is 16.5. The molecule has 0 saturated carbocycles. The summed E-state index contributed by atoms with van der Waals surface area (Å²) in [6.45, 7) is 8.37. The van der Waals surface area contributed by atoms with E-state index in [4.69, 9.17) is 9.47 Å². The maximum absolute atomic E-state index is 5.54. The average Bonchev–Trinajstić information content (AvgIpc) is 2.43. The zero-order valence-corrected chi connectivity index (χ0v) is 11.9. The largest absolute Gasteiger partial charge is 0.494 e. The molecule has 1 aliphatic rings. The standard InChI is InChI=1S/C15H24N2O2/c1-3-19-15-5-4-13(10-12(15)2)16-7-6-14-11-18-9-8-17-14/h4-5,10,14,16-17H,3,6-9,11H2,1-2H3. The minimum absolute atomic E-state index is 0.477. The van der Waals surface area contributed by atoms with E-state index in [0.29, 0.717) is 12.6 Å². The van der Waals surface area contributed by atoms with Crippen LogP contribution in [0.1, 0.15) is 18.9 Å². The molecular weight excluding hydrogens is 240 g/mol. The van der Waals surface area contributed by atoms with E-state index in [1.165, 1.54) is 5.56 Å². The monoisotopic (exact) mass is 264 g/mol. The number of nitrogens with one attached hydrogen (secondary N) is 2. The Bertz CT molecular complexity index is 390. The molecule has 4 heteroatoms. The summed E-state index contributed by atoms with van der Waals surface area (Å²) < 4.78 is 11.0. The first-order chi connectivity index (χ1) is 9.29. The number of rotatable bonds is 6. The van der Waals surface area contributed by atoms with Crippen LogP contribution < -0.4 is 15.4 Å². The molecule has 4 nitrogen and oxygen atoms in total. The molecule has 1 fully saturated rings. The van der Waals surface area contributed by atoms with Gasteiger partial charge in [0.1, 0.15) is 5.75 Å². The highest BCUT2D eigenvalue weighted by molar-refractivity contribution is 5.50. The zero-order chi connectivity index (χ0) is 13.5.